The molecule has 0 radical (unpaired) electrons. The summed E-state index contributed by atoms with van der Waals surface area (Å²) in [6.07, 6.45) is 0. The number of benzene rings is 3. The average molecular weight is 401 g/mol. The van der Waals surface area contributed by atoms with E-state index in [0.29, 0.717) is 10.0 Å². The normalized spacial score (nSPS) is 11.4. The first-order chi connectivity index (χ1) is 14.4. The predicted molar refractivity (Wildman–Crippen MR) is 120 cm³/mol. The topological polar surface area (TPSA) is 51.3 Å². The van der Waals surface area contributed by atoms with Crippen LogP contribution in [0.2, 0.25) is 0 Å². The van der Waals surface area contributed by atoms with Crippen LogP contribution in [0, 0.1) is 0 Å². The summed E-state index contributed by atoms with van der Waals surface area (Å²) in [5.74, 6) is 1.21. The number of para-hydroxylation sites is 1. The second-order valence-corrected chi connectivity index (χ2v) is 8.10. The van der Waals surface area contributed by atoms with Crippen molar-refractivity contribution >= 4 is 22.6 Å². The van der Waals surface area contributed by atoms with Gasteiger partial charge >= 0.3 is 5.97 Å². The molecule has 0 aliphatic heterocycles. The molecule has 3 aromatic carbocycles. The first-order valence-corrected chi connectivity index (χ1v) is 9.82. The Morgan fingerprint density at radius 2 is 1.67 bits per heavy atom. The third-order valence-electron chi connectivity index (χ3n) is 4.84. The first kappa shape index (κ1) is 19.7. The molecule has 0 saturated carbocycles. The standard InChI is InChI=1S/C25H25N2O3/c1-27(2,3)21-9-7-8-18(15-21)25(28)29-17-20-14-19-16-23(12-13-24(19)26-20)30-22-10-5-4-6-11-22/h4-16,26H,17H2,1-3H3/q+1. The molecule has 4 rings (SSSR count). The summed E-state index contributed by atoms with van der Waals surface area (Å²) in [6, 6.07) is 25.0. The third-order valence-corrected chi connectivity index (χ3v) is 4.84. The maximum Gasteiger partial charge on any atom is 0.338 e. The molecule has 152 valence electrons. The zero-order valence-electron chi connectivity index (χ0n) is 17.4. The summed E-state index contributed by atoms with van der Waals surface area (Å²) in [4.78, 5) is 15.8. The largest absolute Gasteiger partial charge is 0.457 e. The molecule has 5 nitrogen and oxygen atoms in total. The fraction of sp³-hybridized carbons (Fsp3) is 0.160. The number of fused-ring (bicyclic) bond motifs is 1. The molecule has 1 heterocycles. The van der Waals surface area contributed by atoms with Gasteiger partial charge in [0.15, 0.2) is 0 Å². The lowest BCUT2D eigenvalue weighted by molar-refractivity contribution is 0.0468. The minimum Gasteiger partial charge on any atom is -0.457 e. The average Bonchev–Trinajstić information content (AvgIpc) is 3.14. The summed E-state index contributed by atoms with van der Waals surface area (Å²) in [5.41, 5.74) is 3.39. The maximum atomic E-state index is 12.5. The summed E-state index contributed by atoms with van der Waals surface area (Å²) >= 11 is 0. The number of esters is 1. The number of rotatable bonds is 6. The number of ether oxygens (including phenoxy) is 2. The van der Waals surface area contributed by atoms with E-state index < -0.39 is 0 Å². The van der Waals surface area contributed by atoms with Crippen LogP contribution in [0.4, 0.5) is 5.69 Å². The van der Waals surface area contributed by atoms with Crippen LogP contribution in [0.3, 0.4) is 0 Å². The van der Waals surface area contributed by atoms with E-state index in [0.717, 1.165) is 33.8 Å². The molecule has 0 amide bonds. The molecular formula is C25H25N2O3+. The smallest absolute Gasteiger partial charge is 0.338 e. The van der Waals surface area contributed by atoms with Gasteiger partial charge in [0.2, 0.25) is 0 Å². The number of quaternary nitrogens is 1. The van der Waals surface area contributed by atoms with Gasteiger partial charge in [-0.3, -0.25) is 4.48 Å². The molecule has 0 unspecified atom stereocenters. The van der Waals surface area contributed by atoms with E-state index in [1.54, 1.807) is 6.07 Å². The molecule has 1 N–H and O–H groups in total. The Morgan fingerprint density at radius 3 is 2.43 bits per heavy atom. The molecule has 0 spiro atoms. The monoisotopic (exact) mass is 401 g/mol. The number of hydrogen-bond acceptors (Lipinski definition) is 3. The van der Waals surface area contributed by atoms with Crippen LogP contribution in [-0.2, 0) is 11.3 Å². The summed E-state index contributed by atoms with van der Waals surface area (Å²) < 4.78 is 12.1. The number of H-pyrrole nitrogens is 1. The van der Waals surface area contributed by atoms with Gasteiger partial charge in [0, 0.05) is 17.0 Å². The molecule has 0 atom stereocenters. The minimum atomic E-state index is -0.336. The van der Waals surface area contributed by atoms with Gasteiger partial charge in [-0.05, 0) is 48.5 Å². The Morgan fingerprint density at radius 1 is 0.867 bits per heavy atom. The summed E-state index contributed by atoms with van der Waals surface area (Å²) in [5, 5.41) is 1.00. The van der Waals surface area contributed by atoms with Gasteiger partial charge in [0.25, 0.3) is 0 Å². The van der Waals surface area contributed by atoms with Gasteiger partial charge in [0.1, 0.15) is 23.8 Å². The van der Waals surface area contributed by atoms with E-state index in [4.69, 9.17) is 9.47 Å². The Kier molecular flexibility index (Phi) is 5.29. The van der Waals surface area contributed by atoms with E-state index in [9.17, 15) is 4.79 Å². The van der Waals surface area contributed by atoms with Gasteiger partial charge in [-0.1, -0.05) is 24.3 Å². The van der Waals surface area contributed by atoms with Crippen molar-refractivity contribution in [2.75, 3.05) is 21.1 Å². The highest BCUT2D eigenvalue weighted by Crippen LogP contribution is 2.26. The summed E-state index contributed by atoms with van der Waals surface area (Å²) in [6.45, 7) is 0.178. The number of nitrogens with one attached hydrogen (secondary N) is 1. The van der Waals surface area contributed by atoms with Crippen LogP contribution in [0.25, 0.3) is 10.9 Å². The van der Waals surface area contributed by atoms with Crippen LogP contribution in [0.15, 0.2) is 78.9 Å². The minimum absolute atomic E-state index is 0.178. The quantitative estimate of drug-likeness (QED) is 0.342. The highest BCUT2D eigenvalue weighted by atomic mass is 16.5. The zero-order chi connectivity index (χ0) is 21.1. The molecule has 1 aromatic heterocycles. The molecular weight excluding hydrogens is 376 g/mol. The molecule has 0 aliphatic rings. The number of carbonyl (C=O) groups is 1. The molecule has 4 aromatic rings. The molecule has 30 heavy (non-hydrogen) atoms. The number of carbonyl (C=O) groups excluding carboxylic acids is 1. The lowest BCUT2D eigenvalue weighted by Gasteiger charge is -2.23. The number of aromatic amines is 1. The third kappa shape index (κ3) is 4.53. The van der Waals surface area contributed by atoms with Crippen molar-refractivity contribution in [3.63, 3.8) is 0 Å². The van der Waals surface area contributed by atoms with Crippen LogP contribution >= 0.6 is 0 Å². The fourth-order valence-electron chi connectivity index (χ4n) is 3.21. The van der Waals surface area contributed by atoms with Gasteiger partial charge in [-0.2, -0.15) is 0 Å². The van der Waals surface area contributed by atoms with Crippen LogP contribution in [0.5, 0.6) is 11.5 Å². The molecule has 0 aliphatic carbocycles. The number of nitrogens with zero attached hydrogens (tertiary/aromatic N) is 1. The van der Waals surface area contributed by atoms with E-state index >= 15 is 0 Å². The van der Waals surface area contributed by atoms with Gasteiger partial charge < -0.3 is 14.5 Å². The van der Waals surface area contributed by atoms with Crippen molar-refractivity contribution in [3.8, 4) is 11.5 Å². The Hall–Kier alpha value is -3.57. The van der Waals surface area contributed by atoms with Gasteiger partial charge in [-0.15, -0.1) is 0 Å². The lowest BCUT2D eigenvalue weighted by Crippen LogP contribution is -2.34. The predicted octanol–water partition coefficient (Wildman–Crippen LogP) is 5.51. The van der Waals surface area contributed by atoms with Crippen molar-refractivity contribution in [1.29, 1.82) is 0 Å². The highest BCUT2D eigenvalue weighted by molar-refractivity contribution is 5.90. The Labute approximate surface area is 176 Å². The van der Waals surface area contributed by atoms with E-state index in [2.05, 4.69) is 26.1 Å². The van der Waals surface area contributed by atoms with Gasteiger partial charge in [-0.25, -0.2) is 4.79 Å². The lowest BCUT2D eigenvalue weighted by atomic mass is 10.2. The summed E-state index contributed by atoms with van der Waals surface area (Å²) in [7, 11) is 6.18. The zero-order valence-corrected chi connectivity index (χ0v) is 17.4. The second kappa shape index (κ2) is 8.05. The van der Waals surface area contributed by atoms with E-state index in [-0.39, 0.29) is 12.6 Å². The molecule has 0 saturated heterocycles. The van der Waals surface area contributed by atoms with Crippen LogP contribution < -0.4 is 9.22 Å². The Balaban J connectivity index is 1.45. The fourth-order valence-corrected chi connectivity index (χ4v) is 3.21. The maximum absolute atomic E-state index is 12.5. The SMILES string of the molecule is C[N+](C)(C)c1cccc(C(=O)OCc2cc3cc(Oc4ccccc4)ccc3[nH]2)c1. The second-order valence-electron chi connectivity index (χ2n) is 8.10. The van der Waals surface area contributed by atoms with Crippen LogP contribution in [0.1, 0.15) is 16.1 Å². The van der Waals surface area contributed by atoms with Crippen molar-refractivity contribution in [2.24, 2.45) is 0 Å². The van der Waals surface area contributed by atoms with Crippen molar-refractivity contribution in [1.82, 2.24) is 9.47 Å². The first-order valence-electron chi connectivity index (χ1n) is 9.82. The van der Waals surface area contributed by atoms with E-state index in [1.165, 1.54) is 0 Å². The van der Waals surface area contributed by atoms with Crippen molar-refractivity contribution < 1.29 is 14.3 Å². The highest BCUT2D eigenvalue weighted by Gasteiger charge is 2.16. The number of aromatic nitrogens is 1. The van der Waals surface area contributed by atoms with E-state index in [1.807, 2.05) is 72.8 Å². The Bertz CT molecular complexity index is 1170. The van der Waals surface area contributed by atoms with Gasteiger partial charge in [0.05, 0.1) is 32.4 Å². The molecule has 0 bridgehead atoms. The molecule has 0 fully saturated rings. The van der Waals surface area contributed by atoms with Crippen molar-refractivity contribution in [2.45, 2.75) is 6.61 Å². The molecule has 5 heteroatoms. The number of hydrogen-bond donors (Lipinski definition) is 1. The van der Waals surface area contributed by atoms with Crippen molar-refractivity contribution in [3.05, 3.63) is 90.1 Å². The van der Waals surface area contributed by atoms with Crippen LogP contribution in [-0.4, -0.2) is 32.1 Å².